The van der Waals surface area contributed by atoms with E-state index >= 15 is 0 Å². The fourth-order valence-corrected chi connectivity index (χ4v) is 3.13. The van der Waals surface area contributed by atoms with E-state index in [1.807, 2.05) is 12.1 Å². The molecule has 2 rings (SSSR count). The highest BCUT2D eigenvalue weighted by Gasteiger charge is 2.25. The van der Waals surface area contributed by atoms with Gasteiger partial charge < -0.3 is 20.3 Å². The smallest absolute Gasteiger partial charge is 0.118 e. The van der Waals surface area contributed by atoms with E-state index in [2.05, 4.69) is 43.0 Å². The second kappa shape index (κ2) is 7.25. The highest BCUT2D eigenvalue weighted by atomic mass is 16.5. The molecule has 1 aliphatic heterocycles. The van der Waals surface area contributed by atoms with Gasteiger partial charge in [0.1, 0.15) is 5.75 Å². The van der Waals surface area contributed by atoms with Gasteiger partial charge in [0.05, 0.1) is 7.11 Å². The zero-order valence-electron chi connectivity index (χ0n) is 13.7. The summed E-state index contributed by atoms with van der Waals surface area (Å²) < 4.78 is 5.20. The van der Waals surface area contributed by atoms with E-state index in [9.17, 15) is 0 Å². The van der Waals surface area contributed by atoms with E-state index < -0.39 is 0 Å². The van der Waals surface area contributed by atoms with Gasteiger partial charge in [-0.2, -0.15) is 0 Å². The average Bonchev–Trinajstić information content (AvgIpc) is 2.90. The number of hydrogen-bond acceptors (Lipinski definition) is 4. The molecule has 4 heteroatoms. The van der Waals surface area contributed by atoms with E-state index in [1.54, 1.807) is 7.11 Å². The molecular formula is C17H29N3O. The molecule has 3 unspecified atom stereocenters. The highest BCUT2D eigenvalue weighted by Crippen LogP contribution is 2.23. The molecule has 0 bridgehead atoms. The largest absolute Gasteiger partial charge is 0.497 e. The summed E-state index contributed by atoms with van der Waals surface area (Å²) in [4.78, 5) is 4.81. The molecule has 0 amide bonds. The number of benzene rings is 1. The van der Waals surface area contributed by atoms with Crippen LogP contribution < -0.4 is 10.5 Å². The molecule has 1 heterocycles. The predicted molar refractivity (Wildman–Crippen MR) is 87.6 cm³/mol. The first-order chi connectivity index (χ1) is 10.0. The molecule has 1 fully saturated rings. The van der Waals surface area contributed by atoms with Crippen LogP contribution >= 0.6 is 0 Å². The van der Waals surface area contributed by atoms with Gasteiger partial charge in [-0.05, 0) is 57.6 Å². The topological polar surface area (TPSA) is 41.7 Å². The van der Waals surface area contributed by atoms with Gasteiger partial charge in [0, 0.05) is 25.2 Å². The van der Waals surface area contributed by atoms with Crippen LogP contribution in [0.15, 0.2) is 24.3 Å². The Morgan fingerprint density at radius 1 is 1.38 bits per heavy atom. The Bertz CT molecular complexity index is 434. The van der Waals surface area contributed by atoms with Crippen LogP contribution in [-0.4, -0.2) is 56.7 Å². The Morgan fingerprint density at radius 2 is 2.05 bits per heavy atom. The van der Waals surface area contributed by atoms with Crippen molar-refractivity contribution in [2.75, 3.05) is 40.8 Å². The highest BCUT2D eigenvalue weighted by molar-refractivity contribution is 5.29. The zero-order chi connectivity index (χ0) is 15.4. The molecule has 0 aromatic heterocycles. The summed E-state index contributed by atoms with van der Waals surface area (Å²) in [6, 6.07) is 8.44. The van der Waals surface area contributed by atoms with Crippen LogP contribution in [-0.2, 0) is 0 Å². The lowest BCUT2D eigenvalue weighted by Crippen LogP contribution is -2.41. The Morgan fingerprint density at radius 3 is 2.57 bits per heavy atom. The molecule has 0 aliphatic carbocycles. The first kappa shape index (κ1) is 16.3. The van der Waals surface area contributed by atoms with Crippen molar-refractivity contribution >= 4 is 0 Å². The van der Waals surface area contributed by atoms with Crippen molar-refractivity contribution in [1.82, 2.24) is 9.80 Å². The molecule has 1 aromatic rings. The molecule has 0 spiro atoms. The number of likely N-dealkylation sites (tertiary alicyclic amines) is 1. The molecule has 3 atom stereocenters. The standard InChI is InChI=1S/C17H29N3O/c1-13(20(3)12-14-9-10-19(2)11-14)17(18)15-5-7-16(21-4)8-6-15/h5-8,13-14,17H,9-12,18H2,1-4H3. The maximum absolute atomic E-state index is 6.44. The van der Waals surface area contributed by atoms with Crippen LogP contribution in [0.4, 0.5) is 0 Å². The molecule has 2 N–H and O–H groups in total. The van der Waals surface area contributed by atoms with Crippen molar-refractivity contribution < 1.29 is 4.74 Å². The summed E-state index contributed by atoms with van der Waals surface area (Å²) in [6.45, 7) is 5.76. The number of nitrogens with two attached hydrogens (primary N) is 1. The average molecular weight is 291 g/mol. The molecule has 1 saturated heterocycles. The Labute approximate surface area is 128 Å². The number of hydrogen-bond donors (Lipinski definition) is 1. The van der Waals surface area contributed by atoms with E-state index in [-0.39, 0.29) is 6.04 Å². The lowest BCUT2D eigenvalue weighted by Gasteiger charge is -2.31. The summed E-state index contributed by atoms with van der Waals surface area (Å²) in [5.41, 5.74) is 7.61. The fourth-order valence-electron chi connectivity index (χ4n) is 3.13. The van der Waals surface area contributed by atoms with Crippen LogP contribution in [0, 0.1) is 5.92 Å². The summed E-state index contributed by atoms with van der Waals surface area (Å²) >= 11 is 0. The van der Waals surface area contributed by atoms with E-state index in [0.717, 1.165) is 18.2 Å². The van der Waals surface area contributed by atoms with Crippen LogP contribution in [0.2, 0.25) is 0 Å². The summed E-state index contributed by atoms with van der Waals surface area (Å²) in [5, 5.41) is 0. The van der Waals surface area contributed by atoms with Crippen molar-refractivity contribution in [1.29, 1.82) is 0 Å². The van der Waals surface area contributed by atoms with Crippen LogP contribution in [0.3, 0.4) is 0 Å². The first-order valence-electron chi connectivity index (χ1n) is 7.79. The lowest BCUT2D eigenvalue weighted by molar-refractivity contribution is 0.195. The maximum atomic E-state index is 6.44. The molecule has 1 aliphatic rings. The number of ether oxygens (including phenoxy) is 1. The van der Waals surface area contributed by atoms with Gasteiger partial charge in [-0.1, -0.05) is 12.1 Å². The third-order valence-corrected chi connectivity index (χ3v) is 4.75. The number of likely N-dealkylation sites (N-methyl/N-ethyl adjacent to an activating group) is 1. The maximum Gasteiger partial charge on any atom is 0.118 e. The molecular weight excluding hydrogens is 262 g/mol. The predicted octanol–water partition coefficient (Wildman–Crippen LogP) is 1.97. The Hall–Kier alpha value is -1.10. The number of methoxy groups -OCH3 is 1. The van der Waals surface area contributed by atoms with Gasteiger partial charge in [0.2, 0.25) is 0 Å². The minimum atomic E-state index is 0.0278. The summed E-state index contributed by atoms with van der Waals surface area (Å²) in [5.74, 6) is 1.64. The Balaban J connectivity index is 1.92. The van der Waals surface area contributed by atoms with Crippen molar-refractivity contribution in [2.24, 2.45) is 11.7 Å². The fraction of sp³-hybridized carbons (Fsp3) is 0.647. The second-order valence-corrected chi connectivity index (χ2v) is 6.40. The van der Waals surface area contributed by atoms with E-state index in [4.69, 9.17) is 10.5 Å². The van der Waals surface area contributed by atoms with Crippen molar-refractivity contribution in [2.45, 2.75) is 25.4 Å². The minimum Gasteiger partial charge on any atom is -0.497 e. The van der Waals surface area contributed by atoms with Gasteiger partial charge in [0.15, 0.2) is 0 Å². The summed E-state index contributed by atoms with van der Waals surface area (Å²) in [7, 11) is 6.07. The normalized spacial score (nSPS) is 22.5. The molecule has 118 valence electrons. The van der Waals surface area contributed by atoms with Crippen molar-refractivity contribution in [3.8, 4) is 5.75 Å². The third-order valence-electron chi connectivity index (χ3n) is 4.75. The van der Waals surface area contributed by atoms with Gasteiger partial charge >= 0.3 is 0 Å². The Kier molecular flexibility index (Phi) is 5.62. The lowest BCUT2D eigenvalue weighted by atomic mass is 9.99. The van der Waals surface area contributed by atoms with Crippen molar-refractivity contribution in [3.05, 3.63) is 29.8 Å². The monoisotopic (exact) mass is 291 g/mol. The second-order valence-electron chi connectivity index (χ2n) is 6.40. The molecule has 0 radical (unpaired) electrons. The van der Waals surface area contributed by atoms with Gasteiger partial charge in [-0.3, -0.25) is 0 Å². The molecule has 4 nitrogen and oxygen atoms in total. The molecule has 1 aromatic carbocycles. The third kappa shape index (κ3) is 4.19. The number of nitrogens with zero attached hydrogens (tertiary/aromatic N) is 2. The number of rotatable bonds is 6. The van der Waals surface area contributed by atoms with E-state index in [0.29, 0.717) is 6.04 Å². The SMILES string of the molecule is COc1ccc(C(N)C(C)N(C)CC2CCN(C)C2)cc1. The van der Waals surface area contributed by atoms with Crippen molar-refractivity contribution in [3.63, 3.8) is 0 Å². The summed E-state index contributed by atoms with van der Waals surface area (Å²) in [6.07, 6.45) is 1.30. The van der Waals surface area contributed by atoms with Gasteiger partial charge in [-0.25, -0.2) is 0 Å². The quantitative estimate of drug-likeness (QED) is 0.870. The van der Waals surface area contributed by atoms with Gasteiger partial charge in [-0.15, -0.1) is 0 Å². The van der Waals surface area contributed by atoms with Crippen LogP contribution in [0.5, 0.6) is 5.75 Å². The van der Waals surface area contributed by atoms with Crippen LogP contribution in [0.1, 0.15) is 24.9 Å². The minimum absolute atomic E-state index is 0.0278. The van der Waals surface area contributed by atoms with Gasteiger partial charge in [0.25, 0.3) is 0 Å². The van der Waals surface area contributed by atoms with E-state index in [1.165, 1.54) is 25.1 Å². The van der Waals surface area contributed by atoms with Crippen LogP contribution in [0.25, 0.3) is 0 Å². The molecule has 21 heavy (non-hydrogen) atoms. The zero-order valence-corrected chi connectivity index (χ0v) is 13.7. The first-order valence-corrected chi connectivity index (χ1v) is 7.79. The molecule has 0 saturated carbocycles.